The number of benzene rings is 2. The predicted octanol–water partition coefficient (Wildman–Crippen LogP) is 3.55. The van der Waals surface area contributed by atoms with E-state index < -0.39 is 0 Å². The van der Waals surface area contributed by atoms with Crippen LogP contribution in [0.3, 0.4) is 0 Å². The van der Waals surface area contributed by atoms with Gasteiger partial charge in [-0.3, -0.25) is 14.5 Å². The minimum atomic E-state index is -0.101. The van der Waals surface area contributed by atoms with Crippen LogP contribution >= 0.6 is 0 Å². The van der Waals surface area contributed by atoms with E-state index in [2.05, 4.69) is 55.7 Å². The van der Waals surface area contributed by atoms with Crippen molar-refractivity contribution in [1.82, 2.24) is 15.5 Å². The molecule has 0 radical (unpaired) electrons. The normalized spacial score (nSPS) is 12.1. The number of amides is 2. The van der Waals surface area contributed by atoms with Crippen molar-refractivity contribution in [2.24, 2.45) is 5.92 Å². The van der Waals surface area contributed by atoms with Crippen molar-refractivity contribution in [3.8, 4) is 0 Å². The molecule has 0 fully saturated rings. The van der Waals surface area contributed by atoms with Crippen LogP contribution in [0.25, 0.3) is 0 Å². The standard InChI is InChI=1S/C24H33N3O2/c1-6-18-7-11-20(12-8-18)23(17(2)3)26-22(28)16-27(5)15-19-9-13-21(14-10-19)24(29)25-4/h7-14,17,23H,6,15-16H2,1-5H3,(H,25,29)(H,26,28)/t23-/m0/s1. The number of carbonyl (C=O) groups is 2. The van der Waals surface area contributed by atoms with Gasteiger partial charge in [0.05, 0.1) is 12.6 Å². The summed E-state index contributed by atoms with van der Waals surface area (Å²) in [6, 6.07) is 15.9. The first kappa shape index (κ1) is 22.6. The van der Waals surface area contributed by atoms with Crippen LogP contribution in [-0.4, -0.2) is 37.4 Å². The molecule has 2 aromatic carbocycles. The Labute approximate surface area is 174 Å². The van der Waals surface area contributed by atoms with Crippen LogP contribution in [0.4, 0.5) is 0 Å². The fourth-order valence-corrected chi connectivity index (χ4v) is 3.33. The lowest BCUT2D eigenvalue weighted by molar-refractivity contribution is -0.123. The minimum Gasteiger partial charge on any atom is -0.355 e. The maximum Gasteiger partial charge on any atom is 0.251 e. The van der Waals surface area contributed by atoms with Crippen molar-refractivity contribution in [3.05, 3.63) is 70.8 Å². The first-order valence-corrected chi connectivity index (χ1v) is 10.2. The molecule has 29 heavy (non-hydrogen) atoms. The molecule has 0 saturated heterocycles. The molecule has 0 aliphatic rings. The van der Waals surface area contributed by atoms with Crippen molar-refractivity contribution < 1.29 is 9.59 Å². The Hall–Kier alpha value is -2.66. The molecule has 0 unspecified atom stereocenters. The van der Waals surface area contributed by atoms with Gasteiger partial charge in [0.15, 0.2) is 0 Å². The first-order valence-electron chi connectivity index (χ1n) is 10.2. The van der Waals surface area contributed by atoms with Gasteiger partial charge in [0.25, 0.3) is 5.91 Å². The van der Waals surface area contributed by atoms with Gasteiger partial charge < -0.3 is 10.6 Å². The average Bonchev–Trinajstić information content (AvgIpc) is 2.71. The topological polar surface area (TPSA) is 61.4 Å². The molecule has 1 atom stereocenters. The fourth-order valence-electron chi connectivity index (χ4n) is 3.33. The van der Waals surface area contributed by atoms with Gasteiger partial charge >= 0.3 is 0 Å². The number of carbonyl (C=O) groups excluding carboxylic acids is 2. The molecule has 0 spiro atoms. The highest BCUT2D eigenvalue weighted by atomic mass is 16.2. The number of nitrogens with zero attached hydrogens (tertiary/aromatic N) is 1. The first-order chi connectivity index (χ1) is 13.8. The third kappa shape index (κ3) is 6.71. The van der Waals surface area contributed by atoms with Gasteiger partial charge in [0.2, 0.25) is 5.91 Å². The van der Waals surface area contributed by atoms with Crippen molar-refractivity contribution in [2.75, 3.05) is 20.6 Å². The highest BCUT2D eigenvalue weighted by Gasteiger charge is 2.19. The third-order valence-electron chi connectivity index (χ3n) is 5.04. The second kappa shape index (κ2) is 10.8. The summed E-state index contributed by atoms with van der Waals surface area (Å²) in [6.07, 6.45) is 1.01. The molecule has 0 aliphatic carbocycles. The summed E-state index contributed by atoms with van der Waals surface area (Å²) in [5.74, 6) is 0.206. The Kier molecular flexibility index (Phi) is 8.40. The number of likely N-dealkylation sites (N-methyl/N-ethyl adjacent to an activating group) is 1. The van der Waals surface area contributed by atoms with E-state index in [1.165, 1.54) is 5.56 Å². The lowest BCUT2D eigenvalue weighted by Gasteiger charge is -2.25. The maximum atomic E-state index is 12.6. The van der Waals surface area contributed by atoms with Gasteiger partial charge in [0.1, 0.15) is 0 Å². The van der Waals surface area contributed by atoms with E-state index in [9.17, 15) is 9.59 Å². The number of nitrogens with one attached hydrogen (secondary N) is 2. The average molecular weight is 396 g/mol. The van der Waals surface area contributed by atoms with Crippen molar-refractivity contribution in [3.63, 3.8) is 0 Å². The van der Waals surface area contributed by atoms with E-state index in [1.54, 1.807) is 19.2 Å². The zero-order valence-corrected chi connectivity index (χ0v) is 18.2. The second-order valence-electron chi connectivity index (χ2n) is 7.83. The highest BCUT2D eigenvalue weighted by Crippen LogP contribution is 2.22. The number of hydrogen-bond acceptors (Lipinski definition) is 3. The molecule has 2 N–H and O–H groups in total. The van der Waals surface area contributed by atoms with Crippen molar-refractivity contribution in [2.45, 2.75) is 39.8 Å². The third-order valence-corrected chi connectivity index (χ3v) is 5.04. The summed E-state index contributed by atoms with van der Waals surface area (Å²) < 4.78 is 0. The fraction of sp³-hybridized carbons (Fsp3) is 0.417. The quantitative estimate of drug-likeness (QED) is 0.683. The van der Waals surface area contributed by atoms with E-state index in [-0.39, 0.29) is 17.9 Å². The van der Waals surface area contributed by atoms with E-state index in [4.69, 9.17) is 0 Å². The molecule has 2 rings (SSSR count). The summed E-state index contributed by atoms with van der Waals surface area (Å²) in [4.78, 5) is 26.2. The summed E-state index contributed by atoms with van der Waals surface area (Å²) in [5.41, 5.74) is 4.12. The molecule has 0 saturated carbocycles. The van der Waals surface area contributed by atoms with E-state index in [1.807, 2.05) is 24.1 Å². The molecular formula is C24H33N3O2. The Balaban J connectivity index is 1.94. The lowest BCUT2D eigenvalue weighted by Crippen LogP contribution is -2.38. The summed E-state index contributed by atoms with van der Waals surface area (Å²) >= 11 is 0. The number of rotatable bonds is 9. The minimum absolute atomic E-state index is 0.00588. The maximum absolute atomic E-state index is 12.6. The molecule has 0 heterocycles. The molecule has 0 aliphatic heterocycles. The van der Waals surface area contributed by atoms with Gasteiger partial charge in [-0.2, -0.15) is 0 Å². The lowest BCUT2D eigenvalue weighted by atomic mass is 9.95. The van der Waals surface area contributed by atoms with E-state index in [0.717, 1.165) is 17.5 Å². The van der Waals surface area contributed by atoms with Crippen molar-refractivity contribution >= 4 is 11.8 Å². The number of aryl methyl sites for hydroxylation is 1. The molecule has 0 aromatic heterocycles. The van der Waals surface area contributed by atoms with Crippen LogP contribution in [0.2, 0.25) is 0 Å². The Morgan fingerprint density at radius 3 is 2.07 bits per heavy atom. The number of hydrogen-bond donors (Lipinski definition) is 2. The molecular weight excluding hydrogens is 362 g/mol. The molecule has 156 valence electrons. The summed E-state index contributed by atoms with van der Waals surface area (Å²) in [5, 5.41) is 5.80. The monoisotopic (exact) mass is 395 g/mol. The van der Waals surface area contributed by atoms with Crippen LogP contribution in [0.5, 0.6) is 0 Å². The zero-order chi connectivity index (χ0) is 21.4. The zero-order valence-electron chi connectivity index (χ0n) is 18.2. The Morgan fingerprint density at radius 2 is 1.55 bits per heavy atom. The van der Waals surface area contributed by atoms with Crippen LogP contribution < -0.4 is 10.6 Å². The highest BCUT2D eigenvalue weighted by molar-refractivity contribution is 5.93. The molecule has 2 aromatic rings. The SMILES string of the molecule is CCc1ccc([C@@H](NC(=O)CN(C)Cc2ccc(C(=O)NC)cc2)C(C)C)cc1. The van der Waals surface area contributed by atoms with Crippen LogP contribution in [0.15, 0.2) is 48.5 Å². The second-order valence-corrected chi connectivity index (χ2v) is 7.83. The Morgan fingerprint density at radius 1 is 0.966 bits per heavy atom. The van der Waals surface area contributed by atoms with Crippen LogP contribution in [-0.2, 0) is 17.8 Å². The molecule has 0 bridgehead atoms. The Bertz CT molecular complexity index is 798. The van der Waals surface area contributed by atoms with Crippen LogP contribution in [0.1, 0.15) is 53.9 Å². The smallest absolute Gasteiger partial charge is 0.251 e. The van der Waals surface area contributed by atoms with Gasteiger partial charge in [0, 0.05) is 19.2 Å². The summed E-state index contributed by atoms with van der Waals surface area (Å²) in [7, 11) is 3.54. The van der Waals surface area contributed by atoms with Gasteiger partial charge in [-0.1, -0.05) is 57.2 Å². The van der Waals surface area contributed by atoms with Gasteiger partial charge in [-0.15, -0.1) is 0 Å². The van der Waals surface area contributed by atoms with Gasteiger partial charge in [-0.05, 0) is 48.2 Å². The van der Waals surface area contributed by atoms with Crippen molar-refractivity contribution in [1.29, 1.82) is 0 Å². The molecule has 5 nitrogen and oxygen atoms in total. The summed E-state index contributed by atoms with van der Waals surface area (Å²) in [6.45, 7) is 7.33. The van der Waals surface area contributed by atoms with Crippen LogP contribution in [0, 0.1) is 5.92 Å². The van der Waals surface area contributed by atoms with Gasteiger partial charge in [-0.25, -0.2) is 0 Å². The predicted molar refractivity (Wildman–Crippen MR) is 118 cm³/mol. The molecule has 5 heteroatoms. The largest absolute Gasteiger partial charge is 0.355 e. The molecule has 2 amide bonds. The van der Waals surface area contributed by atoms with E-state index in [0.29, 0.717) is 24.6 Å². The van der Waals surface area contributed by atoms with E-state index >= 15 is 0 Å².